The molecule has 11 nitrogen and oxygen atoms in total. The van der Waals surface area contributed by atoms with Crippen LogP contribution < -0.4 is 35.4 Å². The summed E-state index contributed by atoms with van der Waals surface area (Å²) in [6, 6.07) is 18.9. The van der Waals surface area contributed by atoms with Crippen LogP contribution in [0.15, 0.2) is 65.7 Å². The average Bonchev–Trinajstić information content (AvgIpc) is 3.61. The van der Waals surface area contributed by atoms with E-state index in [1.165, 1.54) is 12.7 Å². The monoisotopic (exact) mass is 695 g/mol. The Labute approximate surface area is 296 Å². The molecule has 4 aromatic carbocycles. The van der Waals surface area contributed by atoms with E-state index >= 15 is 0 Å². The second-order valence-electron chi connectivity index (χ2n) is 13.5. The van der Waals surface area contributed by atoms with Crippen molar-refractivity contribution in [2.45, 2.75) is 43.0 Å². The fraction of sp³-hybridized carbons (Fsp3) is 0.375. The third-order valence-corrected chi connectivity index (χ3v) is 10.2. The molecule has 6 N–H and O–H groups in total. The van der Waals surface area contributed by atoms with Gasteiger partial charge in [0.1, 0.15) is 29.0 Å². The maximum atomic E-state index is 10.7. The van der Waals surface area contributed by atoms with Gasteiger partial charge in [-0.15, -0.1) is 0 Å². The Hall–Kier alpha value is -4.65. The summed E-state index contributed by atoms with van der Waals surface area (Å²) < 4.78 is 25.6. The quantitative estimate of drug-likeness (QED) is 0.115. The molecule has 0 saturated heterocycles. The van der Waals surface area contributed by atoms with Crippen LogP contribution in [-0.2, 0) is 24.0 Å². The van der Waals surface area contributed by atoms with Crippen molar-refractivity contribution in [3.63, 3.8) is 0 Å². The van der Waals surface area contributed by atoms with E-state index in [9.17, 15) is 20.4 Å². The number of hydrogen-bond donors (Lipinski definition) is 6. The molecule has 3 atom stereocenters. The molecule has 0 bridgehead atoms. The number of phenols is 2. The number of aliphatic hydroxyl groups excluding tert-OH is 2. The third kappa shape index (κ3) is 6.52. The van der Waals surface area contributed by atoms with Crippen molar-refractivity contribution in [2.24, 2.45) is 4.99 Å². The zero-order valence-electron chi connectivity index (χ0n) is 29.1. The van der Waals surface area contributed by atoms with Crippen molar-refractivity contribution in [3.8, 4) is 39.9 Å². The Morgan fingerprint density at radius 1 is 0.961 bits per heavy atom. The Balaban J connectivity index is 1.42. The highest BCUT2D eigenvalue weighted by atomic mass is 16.6. The predicted octanol–water partition coefficient (Wildman–Crippen LogP) is 2.63. The van der Waals surface area contributed by atoms with Gasteiger partial charge in [0.25, 0.3) is 0 Å². The summed E-state index contributed by atoms with van der Waals surface area (Å²) in [7, 11) is 5.22. The van der Waals surface area contributed by atoms with E-state index in [4.69, 9.17) is 18.9 Å². The van der Waals surface area contributed by atoms with Crippen LogP contribution in [0.25, 0.3) is 17.2 Å². The molecule has 0 amide bonds. The van der Waals surface area contributed by atoms with E-state index in [0.29, 0.717) is 43.2 Å². The summed E-state index contributed by atoms with van der Waals surface area (Å²) in [6.07, 6.45) is 2.46. The predicted molar refractivity (Wildman–Crippen MR) is 192 cm³/mol. The number of benzene rings is 4. The zero-order valence-corrected chi connectivity index (χ0v) is 29.1. The number of nitrogens with one attached hydrogen (secondary N) is 2. The number of likely N-dealkylation sites (N-methyl/N-ethyl adjacent to an activating group) is 1. The lowest BCUT2D eigenvalue weighted by molar-refractivity contribution is -0.127. The van der Waals surface area contributed by atoms with Gasteiger partial charge >= 0.3 is 0 Å². The zero-order chi connectivity index (χ0) is 35.7. The van der Waals surface area contributed by atoms with E-state index in [1.807, 2.05) is 38.4 Å². The average molecular weight is 696 g/mol. The highest BCUT2D eigenvalue weighted by Gasteiger charge is 2.48. The fourth-order valence-corrected chi connectivity index (χ4v) is 7.87. The Bertz CT molecular complexity index is 2050. The molecule has 0 radical (unpaired) electrons. The first kappa shape index (κ1) is 34.8. The van der Waals surface area contributed by atoms with Crippen LogP contribution in [0.5, 0.6) is 28.7 Å². The number of nitrogens with zero attached hydrogens (tertiary/aromatic N) is 1. The van der Waals surface area contributed by atoms with Gasteiger partial charge in [0.2, 0.25) is 0 Å². The molecule has 4 aromatic rings. The molecule has 0 aromatic heterocycles. The van der Waals surface area contributed by atoms with Crippen LogP contribution in [-0.4, -0.2) is 86.4 Å². The molecule has 0 saturated carbocycles. The van der Waals surface area contributed by atoms with Crippen LogP contribution in [0.3, 0.4) is 0 Å². The first-order valence-corrected chi connectivity index (χ1v) is 17.3. The molecule has 0 unspecified atom stereocenters. The molecule has 2 aliphatic heterocycles. The molecule has 2 heterocycles. The summed E-state index contributed by atoms with van der Waals surface area (Å²) in [4.78, 5) is 4.56. The summed E-state index contributed by atoms with van der Waals surface area (Å²) >= 11 is 0. The van der Waals surface area contributed by atoms with Gasteiger partial charge in [-0.25, -0.2) is 0 Å². The number of methoxy groups -OCH3 is 1. The van der Waals surface area contributed by atoms with Gasteiger partial charge in [0.05, 0.1) is 39.0 Å². The standard InChI is InChI=1S/C40H45N3O8/c1-41-21-40(49-22-42-2)18-32-31-14-26(13-23-4-8-33-24(12-23)10-11-43-33)30-16-27(46)6-7-29(30)38(31)37(50-28(19-44)20-45)17-35(32)51-39(40)25-5-9-34(47)36(15-25)48-3/h4-10,12,15-17,26,28,39,41-42,44-47H,11,13-14,18-22H2,1-3H3/t26-,39-,40+/m1/s1. The van der Waals surface area contributed by atoms with Crippen LogP contribution in [0.2, 0.25) is 0 Å². The summed E-state index contributed by atoms with van der Waals surface area (Å²) in [5, 5.41) is 50.0. The van der Waals surface area contributed by atoms with Crippen LogP contribution in [0.1, 0.15) is 39.8 Å². The molecular formula is C40H45N3O8. The lowest BCUT2D eigenvalue weighted by atomic mass is 9.71. The first-order valence-electron chi connectivity index (χ1n) is 17.3. The van der Waals surface area contributed by atoms with E-state index in [1.54, 1.807) is 18.2 Å². The number of phenolic OH excluding ortho intramolecular Hbond substituents is 2. The molecule has 1 aliphatic carbocycles. The topological polar surface area (TPSA) is 154 Å². The minimum Gasteiger partial charge on any atom is -0.508 e. The van der Waals surface area contributed by atoms with Crippen LogP contribution in [0, 0.1) is 0 Å². The Morgan fingerprint density at radius 3 is 2.57 bits per heavy atom. The Morgan fingerprint density at radius 2 is 1.80 bits per heavy atom. The smallest absolute Gasteiger partial charge is 0.160 e. The lowest BCUT2D eigenvalue weighted by Crippen LogP contribution is -2.54. The molecule has 51 heavy (non-hydrogen) atoms. The fourth-order valence-electron chi connectivity index (χ4n) is 7.87. The highest BCUT2D eigenvalue weighted by Crippen LogP contribution is 2.54. The minimum absolute atomic E-state index is 0.00201. The van der Waals surface area contributed by atoms with Gasteiger partial charge in [0.15, 0.2) is 17.6 Å². The van der Waals surface area contributed by atoms with E-state index in [0.717, 1.165) is 50.4 Å². The van der Waals surface area contributed by atoms with Crippen molar-refractivity contribution in [1.29, 1.82) is 0 Å². The minimum atomic E-state index is -0.897. The van der Waals surface area contributed by atoms with E-state index < -0.39 is 17.8 Å². The van der Waals surface area contributed by atoms with Crippen molar-refractivity contribution in [1.82, 2.24) is 10.6 Å². The van der Waals surface area contributed by atoms with Crippen LogP contribution in [0.4, 0.5) is 0 Å². The maximum absolute atomic E-state index is 10.7. The third-order valence-electron chi connectivity index (χ3n) is 10.2. The normalized spacial score (nSPS) is 20.0. The molecule has 3 aliphatic rings. The van der Waals surface area contributed by atoms with E-state index in [2.05, 4.69) is 39.9 Å². The van der Waals surface area contributed by atoms with Gasteiger partial charge in [-0.1, -0.05) is 24.3 Å². The molecule has 7 rings (SSSR count). The molecule has 268 valence electrons. The van der Waals surface area contributed by atoms with Crippen molar-refractivity contribution in [2.75, 3.05) is 54.2 Å². The maximum Gasteiger partial charge on any atom is 0.160 e. The first-order chi connectivity index (χ1) is 24.8. The molecule has 0 spiro atoms. The molecular weight excluding hydrogens is 650 g/mol. The summed E-state index contributed by atoms with van der Waals surface area (Å²) in [5.74, 6) is 1.58. The number of hydrogen-bond acceptors (Lipinski definition) is 11. The van der Waals surface area contributed by atoms with Gasteiger partial charge in [-0.2, -0.15) is 0 Å². The van der Waals surface area contributed by atoms with Crippen molar-refractivity contribution in [3.05, 3.63) is 99.1 Å². The van der Waals surface area contributed by atoms with Crippen molar-refractivity contribution < 1.29 is 39.4 Å². The number of fused-ring (bicyclic) bond motifs is 6. The second kappa shape index (κ2) is 14.5. The number of aliphatic hydroxyl groups is 2. The van der Waals surface area contributed by atoms with Crippen LogP contribution >= 0.6 is 0 Å². The lowest BCUT2D eigenvalue weighted by Gasteiger charge is -2.46. The van der Waals surface area contributed by atoms with Crippen molar-refractivity contribution >= 4 is 6.08 Å². The van der Waals surface area contributed by atoms with Gasteiger partial charge in [-0.05, 0) is 102 Å². The largest absolute Gasteiger partial charge is 0.508 e. The van der Waals surface area contributed by atoms with Gasteiger partial charge < -0.3 is 44.7 Å². The van der Waals surface area contributed by atoms with Gasteiger partial charge in [0, 0.05) is 30.2 Å². The molecule has 11 heteroatoms. The number of aromatic hydroxyl groups is 2. The molecule has 0 fully saturated rings. The van der Waals surface area contributed by atoms with Gasteiger partial charge in [-0.3, -0.25) is 10.3 Å². The Kier molecular flexibility index (Phi) is 9.91. The number of rotatable bonds is 13. The summed E-state index contributed by atoms with van der Waals surface area (Å²) in [5.41, 5.74) is 5.77. The SMILES string of the molecule is CNCO[C@]1(CNC)Cc2c(cc(OC(CO)CO)c3c2C[C@@H](Cc2ccc4c(c2)=CCN=4)c2cc(O)ccc2-3)O[C@@H]1c1ccc(O)c(OC)c1. The summed E-state index contributed by atoms with van der Waals surface area (Å²) in [6.45, 7) is 0.628. The number of ether oxygens (including phenoxy) is 4. The highest BCUT2D eigenvalue weighted by molar-refractivity contribution is 5.83. The van der Waals surface area contributed by atoms with E-state index in [-0.39, 0.29) is 37.4 Å². The second-order valence-corrected chi connectivity index (χ2v) is 13.5.